The van der Waals surface area contributed by atoms with Gasteiger partial charge in [-0.1, -0.05) is 5.16 Å². The highest BCUT2D eigenvalue weighted by atomic mass is 19.4. The standard InChI is InChI=1S/C17H15F5N6O3/c1-8(24-15(29)10-6-11(17(20,21)22)26-28(10)2)16-25-14(27-31-16)9-3-4-23-13(5-9)30-7-12(18)19/h3-6,8,12H,7H2,1-2H3,(H,24,29)/t8-/m0/s1. The van der Waals surface area contributed by atoms with Gasteiger partial charge < -0.3 is 14.6 Å². The Morgan fingerprint density at radius 1 is 1.32 bits per heavy atom. The molecule has 0 fully saturated rings. The molecule has 0 aromatic carbocycles. The molecule has 0 saturated carbocycles. The summed E-state index contributed by atoms with van der Waals surface area (Å²) >= 11 is 0. The maximum atomic E-state index is 12.8. The van der Waals surface area contributed by atoms with Crippen LogP contribution in [0.2, 0.25) is 0 Å². The van der Waals surface area contributed by atoms with Crippen molar-refractivity contribution in [1.29, 1.82) is 0 Å². The molecule has 166 valence electrons. The number of carbonyl (C=O) groups excluding carboxylic acids is 1. The van der Waals surface area contributed by atoms with Crippen molar-refractivity contribution >= 4 is 5.91 Å². The SMILES string of the molecule is C[C@H](NC(=O)c1cc(C(F)(F)F)nn1C)c1nc(-c2ccnc(OCC(F)F)c2)no1. The lowest BCUT2D eigenvalue weighted by Gasteiger charge is -2.09. The van der Waals surface area contributed by atoms with Crippen molar-refractivity contribution in [2.75, 3.05) is 6.61 Å². The van der Waals surface area contributed by atoms with E-state index in [2.05, 4.69) is 25.5 Å². The van der Waals surface area contributed by atoms with E-state index in [1.165, 1.54) is 32.3 Å². The van der Waals surface area contributed by atoms with Crippen LogP contribution in [0, 0.1) is 0 Å². The van der Waals surface area contributed by atoms with E-state index in [1.807, 2.05) is 0 Å². The molecular formula is C17H15F5N6O3. The van der Waals surface area contributed by atoms with E-state index in [4.69, 9.17) is 9.26 Å². The molecule has 3 aromatic heterocycles. The monoisotopic (exact) mass is 446 g/mol. The molecule has 3 aromatic rings. The Bertz CT molecular complexity index is 1060. The molecule has 0 aliphatic heterocycles. The highest BCUT2D eigenvalue weighted by Crippen LogP contribution is 2.28. The first kappa shape index (κ1) is 22.1. The van der Waals surface area contributed by atoms with Gasteiger partial charge >= 0.3 is 6.18 Å². The number of rotatable bonds is 7. The quantitative estimate of drug-likeness (QED) is 0.556. The van der Waals surface area contributed by atoms with E-state index in [0.29, 0.717) is 11.6 Å². The van der Waals surface area contributed by atoms with Gasteiger partial charge in [0.15, 0.2) is 12.3 Å². The van der Waals surface area contributed by atoms with Crippen molar-refractivity contribution in [1.82, 2.24) is 30.2 Å². The third kappa shape index (κ3) is 5.32. The molecule has 1 N–H and O–H groups in total. The van der Waals surface area contributed by atoms with Gasteiger partial charge in [-0.2, -0.15) is 23.3 Å². The fourth-order valence-electron chi connectivity index (χ4n) is 2.45. The van der Waals surface area contributed by atoms with Gasteiger partial charge in [0.2, 0.25) is 17.6 Å². The highest BCUT2D eigenvalue weighted by molar-refractivity contribution is 5.92. The van der Waals surface area contributed by atoms with Crippen LogP contribution in [0.3, 0.4) is 0 Å². The first-order valence-corrected chi connectivity index (χ1v) is 8.67. The Hall–Kier alpha value is -3.58. The summed E-state index contributed by atoms with van der Waals surface area (Å²) in [5.41, 5.74) is -1.15. The summed E-state index contributed by atoms with van der Waals surface area (Å²) in [5.74, 6) is -0.861. The molecular weight excluding hydrogens is 431 g/mol. The maximum absolute atomic E-state index is 12.8. The molecule has 1 atom stereocenters. The molecule has 3 rings (SSSR count). The number of halogens is 5. The number of nitrogens with one attached hydrogen (secondary N) is 1. The lowest BCUT2D eigenvalue weighted by atomic mass is 10.2. The minimum Gasteiger partial charge on any atom is -0.472 e. The molecule has 0 aliphatic carbocycles. The maximum Gasteiger partial charge on any atom is 0.435 e. The minimum absolute atomic E-state index is 0.0339. The first-order chi connectivity index (χ1) is 14.5. The number of amides is 1. The van der Waals surface area contributed by atoms with Gasteiger partial charge in [0.1, 0.15) is 11.7 Å². The molecule has 14 heteroatoms. The zero-order chi connectivity index (χ0) is 22.8. The van der Waals surface area contributed by atoms with Crippen LogP contribution < -0.4 is 10.1 Å². The predicted octanol–water partition coefficient (Wildman–Crippen LogP) is 3.02. The second kappa shape index (κ2) is 8.65. The Labute approximate surface area is 171 Å². The molecule has 0 bridgehead atoms. The van der Waals surface area contributed by atoms with Crippen LogP contribution in [0.5, 0.6) is 5.88 Å². The van der Waals surface area contributed by atoms with Crippen LogP contribution >= 0.6 is 0 Å². The van der Waals surface area contributed by atoms with Crippen LogP contribution in [0.25, 0.3) is 11.4 Å². The fraction of sp³-hybridized carbons (Fsp3) is 0.353. The Morgan fingerprint density at radius 2 is 2.06 bits per heavy atom. The second-order valence-electron chi connectivity index (χ2n) is 6.27. The van der Waals surface area contributed by atoms with Gasteiger partial charge in [0, 0.05) is 30.9 Å². The third-order valence-electron chi connectivity index (χ3n) is 3.91. The number of nitrogens with zero attached hydrogens (tertiary/aromatic N) is 5. The minimum atomic E-state index is -4.69. The smallest absolute Gasteiger partial charge is 0.435 e. The van der Waals surface area contributed by atoms with Crippen LogP contribution in [0.1, 0.15) is 35.0 Å². The number of carbonyl (C=O) groups is 1. The summed E-state index contributed by atoms with van der Waals surface area (Å²) in [6.45, 7) is 0.654. The van der Waals surface area contributed by atoms with Gasteiger partial charge in [0.05, 0.1) is 0 Å². The largest absolute Gasteiger partial charge is 0.472 e. The summed E-state index contributed by atoms with van der Waals surface area (Å²) in [7, 11) is 1.21. The summed E-state index contributed by atoms with van der Waals surface area (Å²) < 4.78 is 73.5. The number of hydrogen-bond acceptors (Lipinski definition) is 7. The van der Waals surface area contributed by atoms with Crippen LogP contribution in [0.15, 0.2) is 28.9 Å². The molecule has 3 heterocycles. The van der Waals surface area contributed by atoms with Crippen LogP contribution in [0.4, 0.5) is 22.0 Å². The van der Waals surface area contributed by atoms with Crippen LogP contribution in [-0.4, -0.2) is 43.8 Å². The van der Waals surface area contributed by atoms with Crippen LogP contribution in [-0.2, 0) is 13.2 Å². The van der Waals surface area contributed by atoms with Crippen molar-refractivity contribution in [2.45, 2.75) is 25.6 Å². The van der Waals surface area contributed by atoms with E-state index < -0.39 is 36.9 Å². The Balaban J connectivity index is 1.71. The number of ether oxygens (including phenoxy) is 1. The topological polar surface area (TPSA) is 108 Å². The summed E-state index contributed by atoms with van der Waals surface area (Å²) in [6, 6.07) is 2.59. The molecule has 0 saturated heterocycles. The number of hydrogen-bond donors (Lipinski definition) is 1. The molecule has 0 spiro atoms. The number of alkyl halides is 5. The zero-order valence-electron chi connectivity index (χ0n) is 16.0. The molecule has 31 heavy (non-hydrogen) atoms. The number of pyridine rings is 1. The van der Waals surface area contributed by atoms with Gasteiger partial charge in [-0.05, 0) is 13.0 Å². The average molecular weight is 446 g/mol. The van der Waals surface area contributed by atoms with E-state index in [1.54, 1.807) is 0 Å². The van der Waals surface area contributed by atoms with E-state index >= 15 is 0 Å². The van der Waals surface area contributed by atoms with E-state index in [0.717, 1.165) is 4.68 Å². The average Bonchev–Trinajstić information content (AvgIpc) is 3.33. The van der Waals surface area contributed by atoms with Crippen molar-refractivity contribution in [2.24, 2.45) is 7.05 Å². The Morgan fingerprint density at radius 3 is 2.71 bits per heavy atom. The lowest BCUT2D eigenvalue weighted by Crippen LogP contribution is -2.28. The molecule has 0 aliphatic rings. The summed E-state index contributed by atoms with van der Waals surface area (Å²) in [6.07, 6.45) is -6.05. The molecule has 9 nitrogen and oxygen atoms in total. The molecule has 0 unspecified atom stereocenters. The molecule has 1 amide bonds. The fourth-order valence-corrected chi connectivity index (χ4v) is 2.45. The van der Waals surface area contributed by atoms with Crippen molar-refractivity contribution < 1.29 is 36.0 Å². The van der Waals surface area contributed by atoms with E-state index in [-0.39, 0.29) is 23.3 Å². The van der Waals surface area contributed by atoms with Gasteiger partial charge in [-0.15, -0.1) is 0 Å². The second-order valence-corrected chi connectivity index (χ2v) is 6.27. The Kier molecular flexibility index (Phi) is 6.17. The normalized spacial score (nSPS) is 12.8. The van der Waals surface area contributed by atoms with Gasteiger partial charge in [-0.3, -0.25) is 9.48 Å². The van der Waals surface area contributed by atoms with Gasteiger partial charge in [-0.25, -0.2) is 13.8 Å². The summed E-state index contributed by atoms with van der Waals surface area (Å²) in [5, 5.41) is 9.46. The lowest BCUT2D eigenvalue weighted by molar-refractivity contribution is -0.141. The number of aromatic nitrogens is 5. The zero-order valence-corrected chi connectivity index (χ0v) is 16.0. The van der Waals surface area contributed by atoms with Crippen molar-refractivity contribution in [3.05, 3.63) is 41.7 Å². The summed E-state index contributed by atoms with van der Waals surface area (Å²) in [4.78, 5) is 20.2. The van der Waals surface area contributed by atoms with E-state index in [9.17, 15) is 26.7 Å². The highest BCUT2D eigenvalue weighted by Gasteiger charge is 2.35. The first-order valence-electron chi connectivity index (χ1n) is 8.67. The third-order valence-corrected chi connectivity index (χ3v) is 3.91. The number of aryl methyl sites for hydroxylation is 1. The predicted molar refractivity (Wildman–Crippen MR) is 93.1 cm³/mol. The van der Waals surface area contributed by atoms with Gasteiger partial charge in [0.25, 0.3) is 12.3 Å². The van der Waals surface area contributed by atoms with Crippen molar-refractivity contribution in [3.8, 4) is 17.3 Å². The van der Waals surface area contributed by atoms with Crippen molar-refractivity contribution in [3.63, 3.8) is 0 Å². The molecule has 0 radical (unpaired) electrons.